The predicted molar refractivity (Wildman–Crippen MR) is 212 cm³/mol. The van der Waals surface area contributed by atoms with E-state index in [1.54, 1.807) is 0 Å². The van der Waals surface area contributed by atoms with E-state index < -0.39 is 0 Å². The van der Waals surface area contributed by atoms with Crippen LogP contribution in [0.4, 0.5) is 0 Å². The summed E-state index contributed by atoms with van der Waals surface area (Å²) in [5, 5.41) is 5.05. The van der Waals surface area contributed by atoms with Crippen molar-refractivity contribution in [3.05, 3.63) is 194 Å². The number of rotatable bonds is 5. The smallest absolute Gasteiger partial charge is 0.0541 e. The molecule has 1 aliphatic rings. The molecule has 2 nitrogen and oxygen atoms in total. The summed E-state index contributed by atoms with van der Waals surface area (Å²) in [7, 11) is 0. The predicted octanol–water partition coefficient (Wildman–Crippen LogP) is 12.8. The summed E-state index contributed by atoms with van der Waals surface area (Å²) in [5.74, 6) is 0.429. The van der Waals surface area contributed by atoms with Gasteiger partial charge < -0.3 is 9.13 Å². The summed E-state index contributed by atoms with van der Waals surface area (Å²) < 4.78 is 4.80. The van der Waals surface area contributed by atoms with Crippen molar-refractivity contribution in [2.24, 2.45) is 0 Å². The Bertz CT molecular complexity index is 2790. The second-order valence-electron chi connectivity index (χ2n) is 13.3. The fraction of sp³-hybridized carbons (Fsp3) is 0.0417. The summed E-state index contributed by atoms with van der Waals surface area (Å²) >= 11 is 0. The Hall–Kier alpha value is -6.38. The van der Waals surface area contributed by atoms with Crippen molar-refractivity contribution in [1.29, 1.82) is 0 Å². The van der Waals surface area contributed by atoms with Crippen LogP contribution >= 0.6 is 0 Å². The van der Waals surface area contributed by atoms with Gasteiger partial charge in [-0.15, -0.1) is 0 Å². The van der Waals surface area contributed by atoms with E-state index in [0.717, 1.165) is 6.42 Å². The molecule has 50 heavy (non-hydrogen) atoms. The van der Waals surface area contributed by atoms with Gasteiger partial charge in [0.15, 0.2) is 0 Å². The molecule has 0 spiro atoms. The topological polar surface area (TPSA) is 9.86 Å². The molecule has 0 bridgehead atoms. The monoisotopic (exact) mass is 638 g/mol. The van der Waals surface area contributed by atoms with Gasteiger partial charge in [0.1, 0.15) is 0 Å². The molecule has 9 aromatic rings. The van der Waals surface area contributed by atoms with Gasteiger partial charge in [-0.2, -0.15) is 0 Å². The van der Waals surface area contributed by atoms with Gasteiger partial charge in [0.05, 0.1) is 22.1 Å². The molecule has 10 rings (SSSR count). The second kappa shape index (κ2) is 11.6. The lowest BCUT2D eigenvalue weighted by Crippen LogP contribution is -1.97. The second-order valence-corrected chi connectivity index (χ2v) is 13.3. The summed E-state index contributed by atoms with van der Waals surface area (Å²) in [6.45, 7) is 0. The number of hydrogen-bond donors (Lipinski definition) is 0. The summed E-state index contributed by atoms with van der Waals surface area (Å²) in [6, 6.07) is 60.1. The molecular weight excluding hydrogens is 605 g/mol. The number of nitrogens with zero attached hydrogens (tertiary/aromatic N) is 2. The van der Waals surface area contributed by atoms with Crippen LogP contribution in [-0.2, 0) is 0 Å². The highest BCUT2D eigenvalue weighted by Crippen LogP contribution is 2.39. The minimum absolute atomic E-state index is 0.429. The van der Waals surface area contributed by atoms with Gasteiger partial charge >= 0.3 is 0 Å². The maximum atomic E-state index is 2.42. The fourth-order valence-corrected chi connectivity index (χ4v) is 8.04. The first-order valence-corrected chi connectivity index (χ1v) is 17.5. The largest absolute Gasteiger partial charge is 0.309 e. The van der Waals surface area contributed by atoms with Crippen molar-refractivity contribution in [3.63, 3.8) is 0 Å². The van der Waals surface area contributed by atoms with E-state index in [4.69, 9.17) is 0 Å². The first-order chi connectivity index (χ1) is 24.8. The molecule has 0 N–H and O–H groups in total. The average Bonchev–Trinajstić information content (AvgIpc) is 3.71. The first-order valence-electron chi connectivity index (χ1n) is 17.5. The van der Waals surface area contributed by atoms with E-state index in [1.807, 2.05) is 0 Å². The summed E-state index contributed by atoms with van der Waals surface area (Å²) in [4.78, 5) is 0. The average molecular weight is 639 g/mol. The zero-order valence-electron chi connectivity index (χ0n) is 27.6. The third-order valence-electron chi connectivity index (χ3n) is 10.4. The Balaban J connectivity index is 1.09. The molecule has 0 saturated carbocycles. The molecule has 1 unspecified atom stereocenters. The van der Waals surface area contributed by atoms with Crippen molar-refractivity contribution in [3.8, 4) is 33.6 Å². The van der Waals surface area contributed by atoms with Crippen LogP contribution in [0.2, 0.25) is 0 Å². The highest BCUT2D eigenvalue weighted by molar-refractivity contribution is 6.12. The van der Waals surface area contributed by atoms with Crippen molar-refractivity contribution in [2.75, 3.05) is 0 Å². The van der Waals surface area contributed by atoms with Crippen molar-refractivity contribution < 1.29 is 0 Å². The molecule has 2 heteroatoms. The molecule has 2 aromatic heterocycles. The molecule has 0 amide bonds. The van der Waals surface area contributed by atoms with Gasteiger partial charge in [0.25, 0.3) is 0 Å². The van der Waals surface area contributed by atoms with E-state index in [1.165, 1.54) is 82.8 Å². The number of aromatic nitrogens is 2. The lowest BCUT2D eigenvalue weighted by Gasteiger charge is -2.15. The maximum absolute atomic E-state index is 2.42. The molecule has 0 radical (unpaired) electrons. The summed E-state index contributed by atoms with van der Waals surface area (Å²) in [5.41, 5.74) is 13.5. The van der Waals surface area contributed by atoms with Gasteiger partial charge in [-0.1, -0.05) is 127 Å². The van der Waals surface area contributed by atoms with Crippen LogP contribution in [0.15, 0.2) is 188 Å². The standard InChI is InChI=1S/C48H34N2/c1-3-13-33(14-4-1)34-15-11-16-35(29-34)36-17-12-20-40(30-36)50-46-24-10-8-22-42(46)44-32-38(26-28-48(44)50)37-25-27-47-43(31-37)41-21-7-9-23-45(41)49(47)39-18-5-2-6-19-39/h1-13,15-33H,14H2. The first kappa shape index (κ1) is 28.6. The van der Waals surface area contributed by atoms with Crippen LogP contribution in [0.25, 0.3) is 77.2 Å². The number of hydrogen-bond acceptors (Lipinski definition) is 0. The lowest BCUT2D eigenvalue weighted by atomic mass is 9.90. The molecule has 0 saturated heterocycles. The lowest BCUT2D eigenvalue weighted by molar-refractivity contribution is 0.854. The number of para-hydroxylation sites is 3. The van der Waals surface area contributed by atoms with Crippen LogP contribution in [-0.4, -0.2) is 9.13 Å². The van der Waals surface area contributed by atoms with E-state index in [-0.39, 0.29) is 0 Å². The minimum atomic E-state index is 0.429. The maximum Gasteiger partial charge on any atom is 0.0541 e. The van der Waals surface area contributed by atoms with Gasteiger partial charge in [0.2, 0.25) is 0 Å². The molecule has 7 aromatic carbocycles. The van der Waals surface area contributed by atoms with Crippen LogP contribution < -0.4 is 0 Å². The van der Waals surface area contributed by atoms with Crippen LogP contribution in [0, 0.1) is 0 Å². The molecular formula is C48H34N2. The zero-order chi connectivity index (χ0) is 33.0. The highest BCUT2D eigenvalue weighted by Gasteiger charge is 2.17. The molecule has 0 fully saturated rings. The SMILES string of the molecule is C1=CCC(c2cccc(-c3cccc(-n4c5ccccc5c5cc(-c6ccc7c(c6)c6ccccc6n7-c6ccccc6)ccc54)c3)c2)C=C1. The van der Waals surface area contributed by atoms with E-state index >= 15 is 0 Å². The van der Waals surface area contributed by atoms with Gasteiger partial charge in [-0.25, -0.2) is 0 Å². The number of allylic oxidation sites excluding steroid dienone is 4. The van der Waals surface area contributed by atoms with Gasteiger partial charge in [-0.3, -0.25) is 0 Å². The number of benzene rings is 7. The molecule has 236 valence electrons. The minimum Gasteiger partial charge on any atom is -0.309 e. The van der Waals surface area contributed by atoms with Crippen molar-refractivity contribution >= 4 is 43.6 Å². The molecule has 0 aliphatic heterocycles. The molecule has 2 heterocycles. The highest BCUT2D eigenvalue weighted by atomic mass is 15.0. The Labute approximate surface area is 291 Å². The van der Waals surface area contributed by atoms with E-state index in [0.29, 0.717) is 5.92 Å². The molecule has 1 atom stereocenters. The Kier molecular flexibility index (Phi) is 6.67. The van der Waals surface area contributed by atoms with Gasteiger partial charge in [-0.05, 0) is 94.9 Å². The Morgan fingerprint density at radius 3 is 1.58 bits per heavy atom. The van der Waals surface area contributed by atoms with E-state index in [2.05, 4.69) is 197 Å². The Morgan fingerprint density at radius 1 is 0.380 bits per heavy atom. The van der Waals surface area contributed by atoms with E-state index in [9.17, 15) is 0 Å². The third kappa shape index (κ3) is 4.64. The normalized spacial score (nSPS) is 14.4. The van der Waals surface area contributed by atoms with Crippen molar-refractivity contribution in [2.45, 2.75) is 12.3 Å². The summed E-state index contributed by atoms with van der Waals surface area (Å²) in [6.07, 6.45) is 9.92. The Morgan fingerprint density at radius 2 is 0.920 bits per heavy atom. The third-order valence-corrected chi connectivity index (χ3v) is 10.4. The number of fused-ring (bicyclic) bond motifs is 6. The fourth-order valence-electron chi connectivity index (χ4n) is 8.04. The van der Waals surface area contributed by atoms with Gasteiger partial charge in [0, 0.05) is 38.8 Å². The van der Waals surface area contributed by atoms with Crippen LogP contribution in [0.3, 0.4) is 0 Å². The molecule has 1 aliphatic carbocycles. The van der Waals surface area contributed by atoms with Crippen LogP contribution in [0.1, 0.15) is 17.9 Å². The zero-order valence-corrected chi connectivity index (χ0v) is 27.6. The van der Waals surface area contributed by atoms with Crippen molar-refractivity contribution in [1.82, 2.24) is 9.13 Å². The van der Waals surface area contributed by atoms with Crippen LogP contribution in [0.5, 0.6) is 0 Å². The quantitative estimate of drug-likeness (QED) is 0.178.